The molecule has 0 unspecified atom stereocenters. The molecule has 4 nitrogen and oxygen atoms in total. The van der Waals surface area contributed by atoms with Gasteiger partial charge in [0.05, 0.1) is 5.56 Å². The Labute approximate surface area is 201 Å². The molecular formula is C30H32N2O2. The van der Waals surface area contributed by atoms with E-state index in [1.807, 2.05) is 43.3 Å². The highest BCUT2D eigenvalue weighted by Gasteiger charge is 2.21. The van der Waals surface area contributed by atoms with E-state index in [-0.39, 0.29) is 5.97 Å². The Kier molecular flexibility index (Phi) is 6.77. The van der Waals surface area contributed by atoms with Crippen molar-refractivity contribution in [1.82, 2.24) is 9.88 Å². The number of hydrogen-bond donors (Lipinski definition) is 1. The van der Waals surface area contributed by atoms with E-state index in [0.29, 0.717) is 11.3 Å². The van der Waals surface area contributed by atoms with Crippen molar-refractivity contribution in [2.24, 2.45) is 0 Å². The average Bonchev–Trinajstić information content (AvgIpc) is 3.19. The van der Waals surface area contributed by atoms with E-state index in [1.54, 1.807) is 0 Å². The molecule has 0 spiro atoms. The minimum absolute atomic E-state index is 0.298. The second-order valence-electron chi connectivity index (χ2n) is 9.23. The van der Waals surface area contributed by atoms with Gasteiger partial charge in [0.15, 0.2) is 0 Å². The van der Waals surface area contributed by atoms with E-state index in [4.69, 9.17) is 4.74 Å². The van der Waals surface area contributed by atoms with Crippen molar-refractivity contribution in [1.29, 1.82) is 0 Å². The summed E-state index contributed by atoms with van der Waals surface area (Å²) >= 11 is 0. The topological polar surface area (TPSA) is 43.3 Å². The minimum atomic E-state index is -0.298. The lowest BCUT2D eigenvalue weighted by atomic mass is 9.95. The lowest BCUT2D eigenvalue weighted by molar-refractivity contribution is 0.0735. The summed E-state index contributed by atoms with van der Waals surface area (Å²) < 4.78 is 8.12. The zero-order chi connectivity index (χ0) is 23.3. The van der Waals surface area contributed by atoms with Crippen LogP contribution in [0.1, 0.15) is 52.0 Å². The maximum Gasteiger partial charge on any atom is 0.343 e. The number of ether oxygens (including phenoxy) is 1. The number of fused-ring (bicyclic) bond motifs is 3. The molecule has 1 aromatic heterocycles. The van der Waals surface area contributed by atoms with Crippen LogP contribution >= 0.6 is 0 Å². The van der Waals surface area contributed by atoms with Gasteiger partial charge in [-0.3, -0.25) is 0 Å². The molecule has 1 aliphatic rings. The van der Waals surface area contributed by atoms with E-state index in [9.17, 15) is 4.79 Å². The number of carbonyl (C=O) groups excluding carboxylic acids is 1. The van der Waals surface area contributed by atoms with Crippen LogP contribution in [0.4, 0.5) is 0 Å². The van der Waals surface area contributed by atoms with E-state index in [1.165, 1.54) is 40.6 Å². The van der Waals surface area contributed by atoms with Crippen LogP contribution in [0.2, 0.25) is 0 Å². The monoisotopic (exact) mass is 452 g/mol. The third-order valence-electron chi connectivity index (χ3n) is 6.75. The lowest BCUT2D eigenvalue weighted by Gasteiger charge is -2.16. The van der Waals surface area contributed by atoms with E-state index in [0.717, 1.165) is 44.5 Å². The summed E-state index contributed by atoms with van der Waals surface area (Å²) in [7, 11) is 0. The Morgan fingerprint density at radius 2 is 1.76 bits per heavy atom. The third kappa shape index (κ3) is 4.92. The maximum atomic E-state index is 12.8. The summed E-state index contributed by atoms with van der Waals surface area (Å²) in [6, 6.07) is 24.2. The first-order valence-electron chi connectivity index (χ1n) is 12.4. The van der Waals surface area contributed by atoms with Gasteiger partial charge in [0.25, 0.3) is 0 Å². The standard InChI is InChI=1S/C30H32N2O2/c1-22-12-15-25(16-13-22)34-30(33)24-14-17-29-27(20-24)26-10-5-6-11-28(26)32(29)19-7-18-31-21-23-8-3-2-4-9-23/h2-4,8-9,12-17,20,31H,5-7,10-11,18-19,21H2,1H3. The molecule has 4 aromatic rings. The number of benzene rings is 3. The van der Waals surface area contributed by atoms with Crippen molar-refractivity contribution in [3.05, 3.63) is 101 Å². The molecule has 0 amide bonds. The fourth-order valence-electron chi connectivity index (χ4n) is 4.98. The smallest absolute Gasteiger partial charge is 0.343 e. The summed E-state index contributed by atoms with van der Waals surface area (Å²) in [5.74, 6) is 0.284. The van der Waals surface area contributed by atoms with E-state index in [2.05, 4.69) is 46.3 Å². The number of hydrogen-bond acceptors (Lipinski definition) is 3. The van der Waals surface area contributed by atoms with Crippen molar-refractivity contribution in [3.8, 4) is 5.75 Å². The fourth-order valence-corrected chi connectivity index (χ4v) is 4.98. The maximum absolute atomic E-state index is 12.8. The largest absolute Gasteiger partial charge is 0.423 e. The predicted molar refractivity (Wildman–Crippen MR) is 137 cm³/mol. The molecule has 34 heavy (non-hydrogen) atoms. The Morgan fingerprint density at radius 1 is 0.971 bits per heavy atom. The van der Waals surface area contributed by atoms with Gasteiger partial charge in [0.2, 0.25) is 0 Å². The Morgan fingerprint density at radius 3 is 2.59 bits per heavy atom. The van der Waals surface area contributed by atoms with E-state index >= 15 is 0 Å². The van der Waals surface area contributed by atoms with Crippen LogP contribution in [0.15, 0.2) is 72.8 Å². The summed E-state index contributed by atoms with van der Waals surface area (Å²) in [6.07, 6.45) is 5.72. The van der Waals surface area contributed by atoms with Gasteiger partial charge in [0.1, 0.15) is 5.75 Å². The fraction of sp³-hybridized carbons (Fsp3) is 0.300. The molecule has 3 aromatic carbocycles. The molecule has 0 aliphatic heterocycles. The number of carbonyl (C=O) groups is 1. The Bertz CT molecular complexity index is 1270. The van der Waals surface area contributed by atoms with Crippen LogP contribution in [0, 0.1) is 6.92 Å². The number of aromatic nitrogens is 1. The van der Waals surface area contributed by atoms with Crippen molar-refractivity contribution in [2.75, 3.05) is 6.54 Å². The molecular weight excluding hydrogens is 420 g/mol. The third-order valence-corrected chi connectivity index (χ3v) is 6.75. The first-order chi connectivity index (χ1) is 16.7. The number of esters is 1. The number of rotatable bonds is 8. The van der Waals surface area contributed by atoms with Crippen LogP contribution in [-0.4, -0.2) is 17.1 Å². The van der Waals surface area contributed by atoms with Crippen molar-refractivity contribution >= 4 is 16.9 Å². The first kappa shape index (κ1) is 22.4. The molecule has 0 saturated carbocycles. The van der Waals surface area contributed by atoms with Crippen LogP contribution < -0.4 is 10.1 Å². The number of aryl methyl sites for hydroxylation is 3. The Balaban J connectivity index is 1.31. The van der Waals surface area contributed by atoms with Gasteiger partial charge in [-0.15, -0.1) is 0 Å². The zero-order valence-electron chi connectivity index (χ0n) is 19.8. The summed E-state index contributed by atoms with van der Waals surface area (Å²) in [6.45, 7) is 4.88. The average molecular weight is 453 g/mol. The molecule has 0 saturated heterocycles. The second kappa shape index (κ2) is 10.3. The van der Waals surface area contributed by atoms with Gasteiger partial charge in [-0.25, -0.2) is 4.79 Å². The van der Waals surface area contributed by atoms with Gasteiger partial charge in [0, 0.05) is 29.7 Å². The van der Waals surface area contributed by atoms with Gasteiger partial charge < -0.3 is 14.6 Å². The van der Waals surface area contributed by atoms with E-state index < -0.39 is 0 Å². The normalized spacial score (nSPS) is 13.1. The summed E-state index contributed by atoms with van der Waals surface area (Å²) in [4.78, 5) is 12.8. The first-order valence-corrected chi connectivity index (χ1v) is 12.4. The molecule has 174 valence electrons. The highest BCUT2D eigenvalue weighted by Crippen LogP contribution is 2.33. The molecule has 0 fully saturated rings. The van der Waals surface area contributed by atoms with Crippen molar-refractivity contribution < 1.29 is 9.53 Å². The molecule has 0 bridgehead atoms. The number of nitrogens with one attached hydrogen (secondary N) is 1. The molecule has 0 radical (unpaired) electrons. The van der Waals surface area contributed by atoms with Gasteiger partial charge in [-0.1, -0.05) is 48.0 Å². The van der Waals surface area contributed by atoms with Crippen molar-refractivity contribution in [2.45, 2.75) is 52.1 Å². The van der Waals surface area contributed by atoms with Crippen LogP contribution in [-0.2, 0) is 25.9 Å². The van der Waals surface area contributed by atoms with Crippen LogP contribution in [0.5, 0.6) is 5.75 Å². The van der Waals surface area contributed by atoms with Gasteiger partial charge in [-0.05, 0) is 87.0 Å². The van der Waals surface area contributed by atoms with Crippen LogP contribution in [0.25, 0.3) is 10.9 Å². The highest BCUT2D eigenvalue weighted by atomic mass is 16.5. The molecule has 5 rings (SSSR count). The second-order valence-corrected chi connectivity index (χ2v) is 9.23. The minimum Gasteiger partial charge on any atom is -0.423 e. The van der Waals surface area contributed by atoms with Gasteiger partial charge >= 0.3 is 5.97 Å². The zero-order valence-corrected chi connectivity index (χ0v) is 19.8. The summed E-state index contributed by atoms with van der Waals surface area (Å²) in [5.41, 5.74) is 7.18. The molecule has 1 N–H and O–H groups in total. The highest BCUT2D eigenvalue weighted by molar-refractivity contribution is 5.97. The lowest BCUT2D eigenvalue weighted by Crippen LogP contribution is -2.17. The molecule has 4 heteroatoms. The quantitative estimate of drug-likeness (QED) is 0.196. The van der Waals surface area contributed by atoms with Gasteiger partial charge in [-0.2, -0.15) is 0 Å². The summed E-state index contributed by atoms with van der Waals surface area (Å²) in [5, 5.41) is 4.78. The van der Waals surface area contributed by atoms with Crippen molar-refractivity contribution in [3.63, 3.8) is 0 Å². The number of nitrogens with zero attached hydrogens (tertiary/aromatic N) is 1. The molecule has 0 atom stereocenters. The molecule has 1 aliphatic carbocycles. The predicted octanol–water partition coefficient (Wildman–Crippen LogP) is 6.23. The SMILES string of the molecule is Cc1ccc(OC(=O)c2ccc3c(c2)c2c(n3CCCNCc3ccccc3)CCCC2)cc1. The van der Waals surface area contributed by atoms with Crippen LogP contribution in [0.3, 0.4) is 0 Å². The molecule has 1 heterocycles. The Hall–Kier alpha value is -3.37.